The van der Waals surface area contributed by atoms with Crippen molar-refractivity contribution in [3.05, 3.63) is 17.2 Å². The Balaban J connectivity index is 3.14. The second-order valence-electron chi connectivity index (χ2n) is 3.51. The molecule has 0 aliphatic carbocycles. The maximum Gasteiger partial charge on any atom is 0.148 e. The van der Waals surface area contributed by atoms with Gasteiger partial charge in [-0.05, 0) is 12.5 Å². The molecule has 0 saturated carbocycles. The molecule has 5 heteroatoms. The summed E-state index contributed by atoms with van der Waals surface area (Å²) in [5, 5.41) is 0.483. The van der Waals surface area contributed by atoms with Crippen molar-refractivity contribution in [2.45, 2.75) is 19.8 Å². The van der Waals surface area contributed by atoms with Crippen molar-refractivity contribution in [2.24, 2.45) is 10.7 Å². The fourth-order valence-corrected chi connectivity index (χ4v) is 1.63. The molecule has 1 aromatic carbocycles. The fourth-order valence-electron chi connectivity index (χ4n) is 1.40. The average molecular weight is 257 g/mol. The second kappa shape index (κ2) is 6.35. The van der Waals surface area contributed by atoms with E-state index in [-0.39, 0.29) is 0 Å². The Morgan fingerprint density at radius 3 is 2.47 bits per heavy atom. The molecular weight excluding hydrogens is 240 g/mol. The minimum atomic E-state index is 0.483. The number of ether oxygens (including phenoxy) is 2. The lowest BCUT2D eigenvalue weighted by atomic mass is 10.2. The number of hydrogen-bond donors (Lipinski definition) is 1. The maximum atomic E-state index is 6.03. The predicted octanol–water partition coefficient (Wildman–Crippen LogP) is 3.15. The predicted molar refractivity (Wildman–Crippen MR) is 70.7 cm³/mol. The van der Waals surface area contributed by atoms with Crippen LogP contribution in [0.5, 0.6) is 11.5 Å². The molecule has 0 aliphatic rings. The summed E-state index contributed by atoms with van der Waals surface area (Å²) in [6.07, 6.45) is 1.69. The van der Waals surface area contributed by atoms with E-state index < -0.39 is 0 Å². The van der Waals surface area contributed by atoms with Crippen LogP contribution in [-0.2, 0) is 0 Å². The van der Waals surface area contributed by atoms with E-state index in [1.165, 1.54) is 0 Å². The van der Waals surface area contributed by atoms with Gasteiger partial charge in [0, 0.05) is 12.5 Å². The van der Waals surface area contributed by atoms with E-state index in [0.717, 1.165) is 12.8 Å². The SMILES string of the molecule is CCCC(N)=Nc1cc(Cl)c(OC)cc1OC. The Bertz CT molecular complexity index is 419. The normalized spacial score (nSPS) is 11.4. The first kappa shape index (κ1) is 13.6. The van der Waals surface area contributed by atoms with E-state index in [1.807, 2.05) is 6.92 Å². The minimum Gasteiger partial charge on any atom is -0.495 e. The molecule has 0 bridgehead atoms. The summed E-state index contributed by atoms with van der Waals surface area (Å²) >= 11 is 6.03. The van der Waals surface area contributed by atoms with Gasteiger partial charge in [-0.25, -0.2) is 4.99 Å². The first-order valence-corrected chi connectivity index (χ1v) is 5.74. The highest BCUT2D eigenvalue weighted by Gasteiger charge is 2.09. The fraction of sp³-hybridized carbons (Fsp3) is 0.417. The summed E-state index contributed by atoms with van der Waals surface area (Å²) in [5.41, 5.74) is 6.40. The summed E-state index contributed by atoms with van der Waals surface area (Å²) < 4.78 is 10.3. The molecule has 1 aromatic rings. The molecular formula is C12H17ClN2O2. The Kier molecular flexibility index (Phi) is 5.10. The van der Waals surface area contributed by atoms with E-state index in [0.29, 0.717) is 28.0 Å². The van der Waals surface area contributed by atoms with Crippen LogP contribution >= 0.6 is 11.6 Å². The quantitative estimate of drug-likeness (QED) is 0.650. The molecule has 0 heterocycles. The van der Waals surface area contributed by atoms with Crippen molar-refractivity contribution in [1.82, 2.24) is 0 Å². The van der Waals surface area contributed by atoms with Crippen LogP contribution in [0.2, 0.25) is 5.02 Å². The van der Waals surface area contributed by atoms with Gasteiger partial charge in [0.25, 0.3) is 0 Å². The third kappa shape index (κ3) is 3.53. The highest BCUT2D eigenvalue weighted by atomic mass is 35.5. The van der Waals surface area contributed by atoms with Gasteiger partial charge in [0.15, 0.2) is 0 Å². The highest BCUT2D eigenvalue weighted by Crippen LogP contribution is 2.37. The van der Waals surface area contributed by atoms with Crippen molar-refractivity contribution in [3.8, 4) is 11.5 Å². The Morgan fingerprint density at radius 1 is 1.29 bits per heavy atom. The van der Waals surface area contributed by atoms with Gasteiger partial charge in [0.2, 0.25) is 0 Å². The first-order valence-electron chi connectivity index (χ1n) is 5.36. The molecule has 17 heavy (non-hydrogen) atoms. The zero-order valence-electron chi connectivity index (χ0n) is 10.3. The number of aliphatic imine (C=N–C) groups is 1. The molecule has 0 unspecified atom stereocenters. The molecule has 0 spiro atoms. The van der Waals surface area contributed by atoms with Crippen LogP contribution < -0.4 is 15.2 Å². The zero-order valence-corrected chi connectivity index (χ0v) is 11.0. The van der Waals surface area contributed by atoms with Gasteiger partial charge in [-0.3, -0.25) is 0 Å². The van der Waals surface area contributed by atoms with Crippen LogP contribution in [0.15, 0.2) is 17.1 Å². The summed E-state index contributed by atoms with van der Waals surface area (Å²) in [6, 6.07) is 3.38. The zero-order chi connectivity index (χ0) is 12.8. The highest BCUT2D eigenvalue weighted by molar-refractivity contribution is 6.32. The van der Waals surface area contributed by atoms with E-state index in [9.17, 15) is 0 Å². The molecule has 0 saturated heterocycles. The molecule has 2 N–H and O–H groups in total. The molecule has 1 rings (SSSR count). The smallest absolute Gasteiger partial charge is 0.148 e. The molecule has 94 valence electrons. The lowest BCUT2D eigenvalue weighted by Crippen LogP contribution is -2.10. The first-order chi connectivity index (χ1) is 8.12. The van der Waals surface area contributed by atoms with Crippen LogP contribution in [-0.4, -0.2) is 20.1 Å². The molecule has 4 nitrogen and oxygen atoms in total. The number of hydrogen-bond acceptors (Lipinski definition) is 3. The lowest BCUT2D eigenvalue weighted by molar-refractivity contribution is 0.395. The number of nitrogens with two attached hydrogens (primary N) is 1. The second-order valence-corrected chi connectivity index (χ2v) is 3.92. The molecule has 0 fully saturated rings. The van der Waals surface area contributed by atoms with Gasteiger partial charge < -0.3 is 15.2 Å². The molecule has 0 radical (unpaired) electrons. The molecule has 0 atom stereocenters. The van der Waals surface area contributed by atoms with Gasteiger partial charge in [-0.2, -0.15) is 0 Å². The summed E-state index contributed by atoms with van der Waals surface area (Å²) in [5.74, 6) is 1.70. The van der Waals surface area contributed by atoms with Gasteiger partial charge >= 0.3 is 0 Å². The lowest BCUT2D eigenvalue weighted by Gasteiger charge is -2.09. The van der Waals surface area contributed by atoms with Crippen molar-refractivity contribution in [3.63, 3.8) is 0 Å². The summed E-state index contributed by atoms with van der Waals surface area (Å²) in [6.45, 7) is 2.04. The van der Waals surface area contributed by atoms with Gasteiger partial charge in [-0.1, -0.05) is 18.5 Å². The van der Waals surface area contributed by atoms with E-state index >= 15 is 0 Å². The van der Waals surface area contributed by atoms with E-state index in [1.54, 1.807) is 26.4 Å². The number of amidine groups is 1. The number of nitrogens with zero attached hydrogens (tertiary/aromatic N) is 1. The Morgan fingerprint density at radius 2 is 1.94 bits per heavy atom. The molecule has 0 aliphatic heterocycles. The van der Waals surface area contributed by atoms with Crippen molar-refractivity contribution in [2.75, 3.05) is 14.2 Å². The number of halogens is 1. The summed E-state index contributed by atoms with van der Waals surface area (Å²) in [4.78, 5) is 4.29. The number of rotatable bonds is 5. The van der Waals surface area contributed by atoms with Crippen LogP contribution in [0.3, 0.4) is 0 Å². The van der Waals surface area contributed by atoms with Crippen molar-refractivity contribution >= 4 is 23.1 Å². The summed E-state index contributed by atoms with van der Waals surface area (Å²) in [7, 11) is 3.12. The average Bonchev–Trinajstić information content (AvgIpc) is 2.29. The minimum absolute atomic E-state index is 0.483. The van der Waals surface area contributed by atoms with Crippen molar-refractivity contribution < 1.29 is 9.47 Å². The Labute approximate surface area is 106 Å². The van der Waals surface area contributed by atoms with Crippen LogP contribution in [0.4, 0.5) is 5.69 Å². The van der Waals surface area contributed by atoms with Crippen LogP contribution in [0.25, 0.3) is 0 Å². The van der Waals surface area contributed by atoms with Gasteiger partial charge in [-0.15, -0.1) is 0 Å². The maximum absolute atomic E-state index is 6.03. The standard InChI is InChI=1S/C12H17ClN2O2/c1-4-5-12(14)15-9-6-8(13)10(16-2)7-11(9)17-3/h6-7H,4-5H2,1-3H3,(H2,14,15). The largest absolute Gasteiger partial charge is 0.495 e. The number of methoxy groups -OCH3 is 2. The van der Waals surface area contributed by atoms with E-state index in [2.05, 4.69) is 4.99 Å². The third-order valence-corrected chi connectivity index (χ3v) is 2.52. The molecule has 0 amide bonds. The van der Waals surface area contributed by atoms with E-state index in [4.69, 9.17) is 26.8 Å². The monoisotopic (exact) mass is 256 g/mol. The van der Waals surface area contributed by atoms with Crippen LogP contribution in [0, 0.1) is 0 Å². The van der Waals surface area contributed by atoms with Crippen LogP contribution in [0.1, 0.15) is 19.8 Å². The van der Waals surface area contributed by atoms with Crippen molar-refractivity contribution in [1.29, 1.82) is 0 Å². The Hall–Kier alpha value is -1.42. The topological polar surface area (TPSA) is 56.8 Å². The number of benzene rings is 1. The van der Waals surface area contributed by atoms with Gasteiger partial charge in [0.05, 0.1) is 25.1 Å². The van der Waals surface area contributed by atoms with Gasteiger partial charge in [0.1, 0.15) is 17.2 Å². The molecule has 0 aromatic heterocycles. The third-order valence-electron chi connectivity index (χ3n) is 2.22.